The highest BCUT2D eigenvalue weighted by atomic mass is 31.2. The third-order valence-corrected chi connectivity index (χ3v) is 7.02. The Hall–Kier alpha value is -2.27. The molecule has 1 fully saturated rings. The zero-order valence-corrected chi connectivity index (χ0v) is 21.4. The van der Waals surface area contributed by atoms with Gasteiger partial charge in [0.15, 0.2) is 0 Å². The van der Waals surface area contributed by atoms with Gasteiger partial charge >= 0.3 is 17.6 Å². The molecule has 3 N–H and O–H groups in total. The molecule has 0 aromatic carbocycles. The van der Waals surface area contributed by atoms with Crippen molar-refractivity contribution in [3.63, 3.8) is 0 Å². The second-order valence-electron chi connectivity index (χ2n) is 8.36. The van der Waals surface area contributed by atoms with E-state index in [4.69, 9.17) is 24.5 Å². The van der Waals surface area contributed by atoms with Crippen LogP contribution in [0.25, 0.3) is 0 Å². The summed E-state index contributed by atoms with van der Waals surface area (Å²) in [5.41, 5.74) is 4.95. The van der Waals surface area contributed by atoms with Crippen LogP contribution in [-0.2, 0) is 39.4 Å². The van der Waals surface area contributed by atoms with Crippen LogP contribution in [0.5, 0.6) is 0 Å². The number of ether oxygens (including phenoxy) is 3. The number of unbranched alkanes of at least 4 members (excludes halogenated alkanes) is 4. The Bertz CT molecular complexity index is 913. The summed E-state index contributed by atoms with van der Waals surface area (Å²) in [5.74, 6) is -1.19. The summed E-state index contributed by atoms with van der Waals surface area (Å²) >= 11 is 0. The minimum absolute atomic E-state index is 0.0964. The first-order chi connectivity index (χ1) is 16.8. The predicted octanol–water partition coefficient (Wildman–Crippen LogP) is 2.21. The first-order valence-electron chi connectivity index (χ1n) is 12.0. The number of rotatable bonds is 15. The molecule has 0 aliphatic carbocycles. The number of nitrogens with two attached hydrogens (primary N) is 1. The Morgan fingerprint density at radius 3 is 2.51 bits per heavy atom. The molecule has 2 rings (SSSR count). The smallest absolute Gasteiger partial charge is 0.349 e. The van der Waals surface area contributed by atoms with Gasteiger partial charge in [0, 0.05) is 6.20 Å². The topological polar surface area (TPSA) is 161 Å². The van der Waals surface area contributed by atoms with Gasteiger partial charge in [0.05, 0.1) is 32.8 Å². The highest BCUT2D eigenvalue weighted by molar-refractivity contribution is 7.56. The summed E-state index contributed by atoms with van der Waals surface area (Å²) < 4.78 is 36.1. The van der Waals surface area contributed by atoms with Crippen LogP contribution in [0.3, 0.4) is 0 Å². The van der Waals surface area contributed by atoms with Crippen molar-refractivity contribution in [1.82, 2.24) is 14.6 Å². The number of anilines is 1. The van der Waals surface area contributed by atoms with E-state index >= 15 is 0 Å². The van der Waals surface area contributed by atoms with Crippen LogP contribution in [0.2, 0.25) is 0 Å². The average Bonchev–Trinajstić information content (AvgIpc) is 2.82. The molecule has 12 nitrogen and oxygen atoms in total. The molecule has 0 amide bonds. The van der Waals surface area contributed by atoms with Crippen molar-refractivity contribution < 1.29 is 32.9 Å². The molecule has 1 unspecified atom stereocenters. The second-order valence-corrected chi connectivity index (χ2v) is 10.5. The Balaban J connectivity index is 1.94. The van der Waals surface area contributed by atoms with Crippen molar-refractivity contribution in [2.45, 2.75) is 77.5 Å². The molecule has 1 saturated heterocycles. The van der Waals surface area contributed by atoms with E-state index in [0.717, 1.165) is 32.1 Å². The number of carbonyl (C=O) groups excluding carboxylic acids is 2. The number of esters is 2. The van der Waals surface area contributed by atoms with E-state index in [0.29, 0.717) is 6.42 Å². The molecule has 0 bridgehead atoms. The van der Waals surface area contributed by atoms with Crippen molar-refractivity contribution in [2.75, 3.05) is 31.9 Å². The van der Waals surface area contributed by atoms with Gasteiger partial charge in [-0.25, -0.2) is 9.88 Å². The molecular formula is C22H37N4O8P. The van der Waals surface area contributed by atoms with Crippen LogP contribution in [0.15, 0.2) is 17.1 Å². The zero-order chi connectivity index (χ0) is 25.7. The molecule has 0 radical (unpaired) electrons. The second kappa shape index (κ2) is 15.0. The molecule has 1 aliphatic heterocycles. The van der Waals surface area contributed by atoms with Gasteiger partial charge in [-0.15, -0.1) is 0 Å². The summed E-state index contributed by atoms with van der Waals surface area (Å²) in [6, 6.07) is 0.278. The van der Waals surface area contributed by atoms with E-state index in [-0.39, 0.29) is 45.0 Å². The SMILES string of the molecule is CCCCCOC(=O)C[C@H](NP1(=O)CO[C@H](Cn2ccc(N)nc2=O)CO1)C(=O)OCCCCC. The molecule has 3 atom stereocenters. The molecule has 0 saturated carbocycles. The van der Waals surface area contributed by atoms with Gasteiger partial charge < -0.3 is 24.5 Å². The van der Waals surface area contributed by atoms with Crippen LogP contribution >= 0.6 is 7.52 Å². The fraction of sp³-hybridized carbons (Fsp3) is 0.727. The number of nitrogens with zero attached hydrogens (tertiary/aromatic N) is 2. The molecule has 1 aliphatic rings. The van der Waals surface area contributed by atoms with E-state index in [1.54, 1.807) is 0 Å². The average molecular weight is 517 g/mol. The summed E-state index contributed by atoms with van der Waals surface area (Å²) in [5, 5.41) is 2.64. The maximum atomic E-state index is 13.2. The molecule has 2 heterocycles. The van der Waals surface area contributed by atoms with Crippen molar-refractivity contribution in [2.24, 2.45) is 0 Å². The zero-order valence-electron chi connectivity index (χ0n) is 20.5. The van der Waals surface area contributed by atoms with E-state index in [1.165, 1.54) is 16.8 Å². The van der Waals surface area contributed by atoms with E-state index in [2.05, 4.69) is 10.1 Å². The van der Waals surface area contributed by atoms with Crippen molar-refractivity contribution in [3.05, 3.63) is 22.7 Å². The Labute approximate surface area is 205 Å². The van der Waals surface area contributed by atoms with Crippen LogP contribution < -0.4 is 16.5 Å². The van der Waals surface area contributed by atoms with Gasteiger partial charge in [-0.2, -0.15) is 4.98 Å². The fourth-order valence-electron chi connectivity index (χ4n) is 3.28. The number of aromatic nitrogens is 2. The Morgan fingerprint density at radius 2 is 1.91 bits per heavy atom. The van der Waals surface area contributed by atoms with Gasteiger partial charge in [0.2, 0.25) is 0 Å². The molecule has 0 spiro atoms. The highest BCUT2D eigenvalue weighted by Crippen LogP contribution is 2.46. The van der Waals surface area contributed by atoms with Crippen molar-refractivity contribution >= 4 is 25.3 Å². The lowest BCUT2D eigenvalue weighted by Gasteiger charge is -2.31. The van der Waals surface area contributed by atoms with E-state index in [9.17, 15) is 18.9 Å². The maximum Gasteiger partial charge on any atom is 0.349 e. The molecular weight excluding hydrogens is 479 g/mol. The quantitative estimate of drug-likeness (QED) is 0.200. The minimum atomic E-state index is -3.63. The van der Waals surface area contributed by atoms with Gasteiger partial charge in [0.25, 0.3) is 7.52 Å². The van der Waals surface area contributed by atoms with Gasteiger partial charge in [-0.05, 0) is 18.9 Å². The summed E-state index contributed by atoms with van der Waals surface area (Å²) in [6.45, 7) is 4.54. The largest absolute Gasteiger partial charge is 0.466 e. The van der Waals surface area contributed by atoms with Crippen LogP contribution in [0.1, 0.15) is 58.8 Å². The number of hydrogen-bond acceptors (Lipinski definition) is 10. The lowest BCUT2D eigenvalue weighted by Crippen LogP contribution is -2.42. The lowest BCUT2D eigenvalue weighted by molar-refractivity contribution is -0.152. The predicted molar refractivity (Wildman–Crippen MR) is 129 cm³/mol. The lowest BCUT2D eigenvalue weighted by atomic mass is 10.2. The van der Waals surface area contributed by atoms with Gasteiger partial charge in [-0.1, -0.05) is 39.5 Å². The monoisotopic (exact) mass is 516 g/mol. The summed E-state index contributed by atoms with van der Waals surface area (Å²) in [4.78, 5) is 40.5. The van der Waals surface area contributed by atoms with Crippen molar-refractivity contribution in [3.8, 4) is 0 Å². The third-order valence-electron chi connectivity index (χ3n) is 5.26. The third kappa shape index (κ3) is 10.5. The maximum absolute atomic E-state index is 13.2. The Morgan fingerprint density at radius 1 is 1.23 bits per heavy atom. The van der Waals surface area contributed by atoms with Crippen LogP contribution in [-0.4, -0.2) is 59.8 Å². The van der Waals surface area contributed by atoms with E-state index < -0.39 is 37.3 Å². The highest BCUT2D eigenvalue weighted by Gasteiger charge is 2.38. The number of carbonyl (C=O) groups is 2. The minimum Gasteiger partial charge on any atom is -0.466 e. The van der Waals surface area contributed by atoms with Crippen LogP contribution in [0.4, 0.5) is 5.82 Å². The van der Waals surface area contributed by atoms with E-state index in [1.807, 2.05) is 13.8 Å². The first kappa shape index (κ1) is 29.0. The standard InChI is InChI=1S/C22H37N4O8P/c1-3-5-7-11-31-20(27)13-18(21(28)32-12-8-6-4-2)25-35(30)16-33-17(15-34-35)14-26-10-9-19(23)24-22(26)29/h9-10,17-18H,3-8,11-16H2,1-2H3,(H,25,30)(H2,23,24,29)/t17-,18+,35?/m1/s1. The first-order valence-corrected chi connectivity index (χ1v) is 13.9. The molecule has 1 aromatic rings. The molecule has 35 heavy (non-hydrogen) atoms. The summed E-state index contributed by atoms with van der Waals surface area (Å²) in [7, 11) is -3.63. The summed E-state index contributed by atoms with van der Waals surface area (Å²) in [6.07, 6.45) is 5.41. The van der Waals surface area contributed by atoms with Gasteiger partial charge in [-0.3, -0.25) is 18.7 Å². The number of nitrogen functional groups attached to an aromatic ring is 1. The Kier molecular flexibility index (Phi) is 12.4. The fourth-order valence-corrected chi connectivity index (χ4v) is 4.99. The van der Waals surface area contributed by atoms with Crippen molar-refractivity contribution in [1.29, 1.82) is 0 Å². The van der Waals surface area contributed by atoms with Crippen LogP contribution in [0, 0.1) is 0 Å². The molecule has 13 heteroatoms. The number of nitrogens with one attached hydrogen (secondary N) is 1. The normalized spacial score (nSPS) is 20.8. The molecule has 1 aromatic heterocycles. The number of hydrogen-bond donors (Lipinski definition) is 2. The molecule has 198 valence electrons. The van der Waals surface area contributed by atoms with Gasteiger partial charge in [0.1, 0.15) is 24.3 Å².